The Morgan fingerprint density at radius 3 is 3.15 bits per heavy atom. The lowest BCUT2D eigenvalue weighted by Crippen LogP contribution is -2.31. The quantitative estimate of drug-likeness (QED) is 0.921. The van der Waals surface area contributed by atoms with Gasteiger partial charge in [0.15, 0.2) is 5.13 Å². The van der Waals surface area contributed by atoms with Gasteiger partial charge in [-0.15, -0.1) is 11.3 Å². The highest BCUT2D eigenvalue weighted by molar-refractivity contribution is 9.10. The van der Waals surface area contributed by atoms with Gasteiger partial charge in [-0.25, -0.2) is 9.97 Å². The van der Waals surface area contributed by atoms with Gasteiger partial charge in [-0.2, -0.15) is 0 Å². The highest BCUT2D eigenvalue weighted by Gasteiger charge is 2.26. The van der Waals surface area contributed by atoms with Crippen molar-refractivity contribution in [2.24, 2.45) is 5.92 Å². The molecule has 0 saturated heterocycles. The van der Waals surface area contributed by atoms with E-state index in [4.69, 9.17) is 0 Å². The van der Waals surface area contributed by atoms with Gasteiger partial charge in [0.2, 0.25) is 5.91 Å². The van der Waals surface area contributed by atoms with Crippen LogP contribution in [0.5, 0.6) is 0 Å². The average molecular weight is 355 g/mol. The van der Waals surface area contributed by atoms with Crippen molar-refractivity contribution in [3.63, 3.8) is 0 Å². The van der Waals surface area contributed by atoms with Crippen LogP contribution in [0.4, 0.5) is 5.13 Å². The van der Waals surface area contributed by atoms with Gasteiger partial charge in [0.1, 0.15) is 10.4 Å². The van der Waals surface area contributed by atoms with Crippen LogP contribution in [0.15, 0.2) is 17.0 Å². The monoisotopic (exact) mass is 354 g/mol. The van der Waals surface area contributed by atoms with Crippen LogP contribution in [0, 0.1) is 5.92 Å². The molecule has 3 rings (SSSR count). The molecule has 20 heavy (non-hydrogen) atoms. The number of hydrogen-bond donors (Lipinski definition) is 1. The van der Waals surface area contributed by atoms with Gasteiger partial charge < -0.3 is 9.88 Å². The molecule has 1 N–H and O–H groups in total. The van der Waals surface area contributed by atoms with Crippen LogP contribution in [-0.4, -0.2) is 20.4 Å². The van der Waals surface area contributed by atoms with Crippen LogP contribution < -0.4 is 5.32 Å². The van der Waals surface area contributed by atoms with Crippen molar-refractivity contribution in [1.29, 1.82) is 0 Å². The molecule has 1 unspecified atom stereocenters. The van der Waals surface area contributed by atoms with Gasteiger partial charge in [0, 0.05) is 24.0 Å². The second-order valence-electron chi connectivity index (χ2n) is 4.82. The maximum Gasteiger partial charge on any atom is 0.231 e. The molecular formula is C13H15BrN4OS. The van der Waals surface area contributed by atoms with E-state index in [9.17, 15) is 4.79 Å². The molecular weight excluding hydrogens is 340 g/mol. The predicted molar refractivity (Wildman–Crippen MR) is 81.9 cm³/mol. The molecule has 1 aliphatic heterocycles. The number of thiazole rings is 1. The van der Waals surface area contributed by atoms with Gasteiger partial charge in [-0.1, -0.05) is 6.92 Å². The molecule has 0 fully saturated rings. The van der Waals surface area contributed by atoms with Gasteiger partial charge >= 0.3 is 0 Å². The van der Waals surface area contributed by atoms with Crippen LogP contribution in [0.3, 0.4) is 0 Å². The zero-order valence-electron chi connectivity index (χ0n) is 11.1. The number of fused-ring (bicyclic) bond motifs is 1. The number of halogens is 1. The molecule has 1 atom stereocenters. The van der Waals surface area contributed by atoms with Gasteiger partial charge in [-0.05, 0) is 28.8 Å². The summed E-state index contributed by atoms with van der Waals surface area (Å²) in [5.41, 5.74) is 0. The summed E-state index contributed by atoms with van der Waals surface area (Å²) in [6.45, 7) is 2.76. The summed E-state index contributed by atoms with van der Waals surface area (Å²) in [6.07, 6.45) is 6.24. The zero-order chi connectivity index (χ0) is 14.1. The lowest BCUT2D eigenvalue weighted by atomic mass is 9.99. The van der Waals surface area contributed by atoms with Crippen molar-refractivity contribution in [3.8, 4) is 0 Å². The van der Waals surface area contributed by atoms with Gasteiger partial charge in [0.05, 0.1) is 12.1 Å². The number of anilines is 1. The van der Waals surface area contributed by atoms with Crippen LogP contribution in [0.25, 0.3) is 0 Å². The molecule has 0 radical (unpaired) electrons. The third-order valence-corrected chi connectivity index (χ3v) is 5.20. The topological polar surface area (TPSA) is 59.8 Å². The second kappa shape index (κ2) is 5.65. The molecule has 0 bridgehead atoms. The Morgan fingerprint density at radius 1 is 1.55 bits per heavy atom. The first-order chi connectivity index (χ1) is 9.67. The number of carbonyl (C=O) groups is 1. The van der Waals surface area contributed by atoms with Crippen molar-refractivity contribution in [2.75, 3.05) is 5.32 Å². The van der Waals surface area contributed by atoms with Crippen molar-refractivity contribution < 1.29 is 4.79 Å². The van der Waals surface area contributed by atoms with E-state index < -0.39 is 0 Å². The van der Waals surface area contributed by atoms with E-state index >= 15 is 0 Å². The van der Waals surface area contributed by atoms with Gasteiger partial charge in [-0.3, -0.25) is 4.79 Å². The minimum atomic E-state index is -0.0259. The summed E-state index contributed by atoms with van der Waals surface area (Å²) in [5, 5.41) is 3.62. The molecule has 3 heterocycles. The van der Waals surface area contributed by atoms with Crippen molar-refractivity contribution in [3.05, 3.63) is 27.7 Å². The largest absolute Gasteiger partial charge is 0.322 e. The minimum Gasteiger partial charge on any atom is -0.322 e. The molecule has 5 nitrogen and oxygen atoms in total. The first-order valence-electron chi connectivity index (χ1n) is 6.63. The highest BCUT2D eigenvalue weighted by atomic mass is 79.9. The van der Waals surface area contributed by atoms with Crippen molar-refractivity contribution in [1.82, 2.24) is 14.5 Å². The Hall–Kier alpha value is -1.21. The van der Waals surface area contributed by atoms with Gasteiger partial charge in [0.25, 0.3) is 0 Å². The Labute approximate surface area is 129 Å². The SMILES string of the molecule is CCc1cnc(NC(=O)C2CCc3ncc(Br)n3C2)s1. The zero-order valence-corrected chi connectivity index (χ0v) is 13.5. The van der Waals surface area contributed by atoms with Crippen LogP contribution in [0.1, 0.15) is 24.0 Å². The number of nitrogens with one attached hydrogen (secondary N) is 1. The third kappa shape index (κ3) is 2.64. The number of nitrogens with zero attached hydrogens (tertiary/aromatic N) is 3. The molecule has 7 heteroatoms. The molecule has 2 aromatic rings. The van der Waals surface area contributed by atoms with E-state index in [1.54, 1.807) is 17.5 Å². The molecule has 2 aromatic heterocycles. The molecule has 0 aromatic carbocycles. The lowest BCUT2D eigenvalue weighted by Gasteiger charge is -2.23. The summed E-state index contributed by atoms with van der Waals surface area (Å²) >= 11 is 5.01. The second-order valence-corrected chi connectivity index (χ2v) is 6.75. The number of rotatable bonds is 3. The third-order valence-electron chi connectivity index (χ3n) is 3.51. The molecule has 0 aliphatic carbocycles. The summed E-state index contributed by atoms with van der Waals surface area (Å²) < 4.78 is 3.00. The fourth-order valence-corrected chi connectivity index (χ4v) is 3.55. The Balaban J connectivity index is 1.68. The fraction of sp³-hybridized carbons (Fsp3) is 0.462. The summed E-state index contributed by atoms with van der Waals surface area (Å²) in [4.78, 5) is 22.1. The predicted octanol–water partition coefficient (Wildman–Crippen LogP) is 2.87. The smallest absolute Gasteiger partial charge is 0.231 e. The van der Waals surface area contributed by atoms with E-state index in [1.165, 1.54) is 4.88 Å². The highest BCUT2D eigenvalue weighted by Crippen LogP contribution is 2.26. The molecule has 0 saturated carbocycles. The van der Waals surface area contributed by atoms with Crippen molar-refractivity contribution >= 4 is 38.3 Å². The minimum absolute atomic E-state index is 0.0259. The maximum atomic E-state index is 12.3. The molecule has 1 amide bonds. The maximum absolute atomic E-state index is 12.3. The first kappa shape index (κ1) is 13.8. The van der Waals surface area contributed by atoms with E-state index in [-0.39, 0.29) is 11.8 Å². The molecule has 1 aliphatic rings. The first-order valence-corrected chi connectivity index (χ1v) is 8.23. The van der Waals surface area contributed by atoms with Crippen LogP contribution in [0.2, 0.25) is 0 Å². The van der Waals surface area contributed by atoms with Crippen LogP contribution in [-0.2, 0) is 24.2 Å². The van der Waals surface area contributed by atoms with E-state index in [0.29, 0.717) is 11.7 Å². The Kier molecular flexibility index (Phi) is 3.89. The number of imidazole rings is 1. The number of aryl methyl sites for hydroxylation is 2. The number of carbonyl (C=O) groups excluding carboxylic acids is 1. The van der Waals surface area contributed by atoms with E-state index in [1.807, 2.05) is 6.20 Å². The van der Waals surface area contributed by atoms with Crippen molar-refractivity contribution in [2.45, 2.75) is 32.7 Å². The Morgan fingerprint density at radius 2 is 2.40 bits per heavy atom. The van der Waals surface area contributed by atoms with E-state index in [2.05, 4.69) is 42.7 Å². The molecule has 106 valence electrons. The molecule has 0 spiro atoms. The summed E-state index contributed by atoms with van der Waals surface area (Å²) in [6, 6.07) is 0. The van der Waals surface area contributed by atoms with E-state index in [0.717, 1.165) is 29.7 Å². The number of hydrogen-bond acceptors (Lipinski definition) is 4. The van der Waals surface area contributed by atoms with Crippen LogP contribution >= 0.6 is 27.3 Å². The Bertz CT molecular complexity index is 636. The summed E-state index contributed by atoms with van der Waals surface area (Å²) in [7, 11) is 0. The number of amides is 1. The number of aromatic nitrogens is 3. The fourth-order valence-electron chi connectivity index (χ4n) is 2.35. The standard InChI is InChI=1S/C13H15BrN4OS/c1-2-9-5-16-13(20-9)17-12(19)8-3-4-11-15-6-10(14)18(11)7-8/h5-6,8H,2-4,7H2,1H3,(H,16,17,19). The summed E-state index contributed by atoms with van der Waals surface area (Å²) in [5.74, 6) is 1.07. The average Bonchev–Trinajstić information content (AvgIpc) is 3.06. The normalized spacial score (nSPS) is 17.8. The lowest BCUT2D eigenvalue weighted by molar-refractivity contribution is -0.120.